The lowest BCUT2D eigenvalue weighted by Crippen LogP contribution is -2.41. The van der Waals surface area contributed by atoms with Crippen LogP contribution in [0.2, 0.25) is 0 Å². The van der Waals surface area contributed by atoms with Gasteiger partial charge in [0.2, 0.25) is 11.8 Å². The molecular weight excluding hydrogens is 194 g/mol. The first-order valence-electron chi connectivity index (χ1n) is 4.94. The van der Waals surface area contributed by atoms with Gasteiger partial charge in [-0.2, -0.15) is 0 Å². The van der Waals surface area contributed by atoms with Crippen molar-refractivity contribution in [3.63, 3.8) is 0 Å². The van der Waals surface area contributed by atoms with Gasteiger partial charge in [0.15, 0.2) is 0 Å². The van der Waals surface area contributed by atoms with Gasteiger partial charge in [0.05, 0.1) is 12.2 Å². The summed E-state index contributed by atoms with van der Waals surface area (Å²) in [6.07, 6.45) is 1.64. The second-order valence-electron chi connectivity index (χ2n) is 3.55. The van der Waals surface area contributed by atoms with Gasteiger partial charge in [-0.25, -0.2) is 4.98 Å². The maximum absolute atomic E-state index is 11.5. The van der Waals surface area contributed by atoms with Crippen molar-refractivity contribution in [3.8, 4) is 0 Å². The van der Waals surface area contributed by atoms with Crippen LogP contribution in [0.1, 0.15) is 31.5 Å². The molecule has 0 saturated heterocycles. The number of aromatic nitrogens is 1. The van der Waals surface area contributed by atoms with E-state index in [0.29, 0.717) is 5.89 Å². The van der Waals surface area contributed by atoms with E-state index < -0.39 is 0 Å². The van der Waals surface area contributed by atoms with Crippen molar-refractivity contribution in [2.75, 3.05) is 7.05 Å². The van der Waals surface area contributed by atoms with E-state index in [2.05, 4.69) is 15.6 Å². The molecule has 84 valence electrons. The highest BCUT2D eigenvalue weighted by Crippen LogP contribution is 2.11. The van der Waals surface area contributed by atoms with Gasteiger partial charge in [-0.05, 0) is 27.8 Å². The molecule has 2 unspecified atom stereocenters. The summed E-state index contributed by atoms with van der Waals surface area (Å²) in [5.74, 6) is 1.21. The molecule has 15 heavy (non-hydrogen) atoms. The van der Waals surface area contributed by atoms with Crippen molar-refractivity contribution in [2.24, 2.45) is 0 Å². The number of oxazole rings is 1. The van der Waals surface area contributed by atoms with Crippen molar-refractivity contribution in [2.45, 2.75) is 32.9 Å². The first kappa shape index (κ1) is 11.7. The van der Waals surface area contributed by atoms with E-state index >= 15 is 0 Å². The zero-order valence-electron chi connectivity index (χ0n) is 9.50. The standard InChI is InChI=1S/C10H17N3O2/c1-6-5-12-10(15-6)8(3)13-9(14)7(2)11-4/h5,7-8,11H,1-4H3,(H,13,14). The molecule has 0 radical (unpaired) electrons. The molecule has 2 N–H and O–H groups in total. The first-order chi connectivity index (χ1) is 7.04. The Labute approximate surface area is 89.3 Å². The number of hydrogen-bond donors (Lipinski definition) is 2. The molecule has 1 aromatic rings. The molecule has 0 aromatic carbocycles. The predicted octanol–water partition coefficient (Wildman–Crippen LogP) is 0.768. The minimum atomic E-state index is -0.219. The smallest absolute Gasteiger partial charge is 0.237 e. The van der Waals surface area contributed by atoms with Crippen LogP contribution in [0.3, 0.4) is 0 Å². The van der Waals surface area contributed by atoms with E-state index in [-0.39, 0.29) is 18.0 Å². The zero-order valence-corrected chi connectivity index (χ0v) is 9.50. The molecule has 0 fully saturated rings. The summed E-state index contributed by atoms with van der Waals surface area (Å²) in [4.78, 5) is 15.6. The van der Waals surface area contributed by atoms with Crippen molar-refractivity contribution in [1.29, 1.82) is 0 Å². The lowest BCUT2D eigenvalue weighted by molar-refractivity contribution is -0.123. The number of rotatable bonds is 4. The third-order valence-corrected chi connectivity index (χ3v) is 2.19. The Morgan fingerprint density at radius 1 is 1.53 bits per heavy atom. The summed E-state index contributed by atoms with van der Waals surface area (Å²) in [5, 5.41) is 5.67. The fourth-order valence-electron chi connectivity index (χ4n) is 1.10. The molecule has 1 rings (SSSR count). The highest BCUT2D eigenvalue weighted by molar-refractivity contribution is 5.81. The number of amides is 1. The quantitative estimate of drug-likeness (QED) is 0.772. The van der Waals surface area contributed by atoms with Crippen LogP contribution in [-0.4, -0.2) is 24.0 Å². The Morgan fingerprint density at radius 3 is 2.67 bits per heavy atom. The Bertz CT molecular complexity index is 335. The van der Waals surface area contributed by atoms with Crippen LogP contribution < -0.4 is 10.6 Å². The molecule has 5 nitrogen and oxygen atoms in total. The van der Waals surface area contributed by atoms with Crippen LogP contribution in [0, 0.1) is 6.92 Å². The van der Waals surface area contributed by atoms with Crippen LogP contribution in [0.5, 0.6) is 0 Å². The maximum atomic E-state index is 11.5. The lowest BCUT2D eigenvalue weighted by atomic mass is 10.2. The van der Waals surface area contributed by atoms with Crippen molar-refractivity contribution < 1.29 is 9.21 Å². The van der Waals surface area contributed by atoms with Crippen LogP contribution in [0.15, 0.2) is 10.6 Å². The topological polar surface area (TPSA) is 67.2 Å². The Kier molecular flexibility index (Phi) is 3.85. The van der Waals surface area contributed by atoms with E-state index in [0.717, 1.165) is 5.76 Å². The van der Waals surface area contributed by atoms with Gasteiger partial charge in [0.25, 0.3) is 0 Å². The normalized spacial score (nSPS) is 14.7. The summed E-state index contributed by atoms with van der Waals surface area (Å²) in [6.45, 7) is 5.45. The zero-order chi connectivity index (χ0) is 11.4. The molecule has 0 spiro atoms. The van der Waals surface area contributed by atoms with Gasteiger partial charge >= 0.3 is 0 Å². The third-order valence-electron chi connectivity index (χ3n) is 2.19. The molecule has 1 amide bonds. The van der Waals surface area contributed by atoms with Crippen molar-refractivity contribution >= 4 is 5.91 Å². The average Bonchev–Trinajstić information content (AvgIpc) is 2.63. The van der Waals surface area contributed by atoms with E-state index in [9.17, 15) is 4.79 Å². The Morgan fingerprint density at radius 2 is 2.20 bits per heavy atom. The monoisotopic (exact) mass is 211 g/mol. The minimum Gasteiger partial charge on any atom is -0.444 e. The molecule has 1 aromatic heterocycles. The number of carbonyl (C=O) groups excluding carboxylic acids is 1. The second kappa shape index (κ2) is 4.93. The molecule has 0 aliphatic rings. The molecule has 5 heteroatoms. The maximum Gasteiger partial charge on any atom is 0.237 e. The minimum absolute atomic E-state index is 0.0687. The predicted molar refractivity (Wildman–Crippen MR) is 56.3 cm³/mol. The number of nitrogens with zero attached hydrogens (tertiary/aromatic N) is 1. The SMILES string of the molecule is CNC(C)C(=O)NC(C)c1ncc(C)o1. The number of aryl methyl sites for hydroxylation is 1. The number of hydrogen-bond acceptors (Lipinski definition) is 4. The van der Waals surface area contributed by atoms with Crippen LogP contribution in [0.25, 0.3) is 0 Å². The number of carbonyl (C=O) groups is 1. The molecule has 1 heterocycles. The average molecular weight is 211 g/mol. The van der Waals surface area contributed by atoms with Crippen molar-refractivity contribution in [3.05, 3.63) is 17.8 Å². The summed E-state index contributed by atoms with van der Waals surface area (Å²) in [5.41, 5.74) is 0. The molecule has 0 saturated carbocycles. The molecule has 0 bridgehead atoms. The van der Waals surface area contributed by atoms with Crippen molar-refractivity contribution in [1.82, 2.24) is 15.6 Å². The van der Waals surface area contributed by atoms with Gasteiger partial charge in [0.1, 0.15) is 11.8 Å². The summed E-state index contributed by atoms with van der Waals surface area (Å²) < 4.78 is 5.31. The van der Waals surface area contributed by atoms with Gasteiger partial charge < -0.3 is 15.1 Å². The van der Waals surface area contributed by atoms with Gasteiger partial charge in [-0.3, -0.25) is 4.79 Å². The van der Waals surface area contributed by atoms with Gasteiger partial charge in [-0.15, -0.1) is 0 Å². The second-order valence-corrected chi connectivity index (χ2v) is 3.55. The molecular formula is C10H17N3O2. The molecule has 2 atom stereocenters. The fraction of sp³-hybridized carbons (Fsp3) is 0.600. The summed E-state index contributed by atoms with van der Waals surface area (Å²) in [7, 11) is 1.74. The largest absolute Gasteiger partial charge is 0.444 e. The Balaban J connectivity index is 2.56. The number of nitrogens with one attached hydrogen (secondary N) is 2. The van der Waals surface area contributed by atoms with E-state index in [1.54, 1.807) is 20.2 Å². The fourth-order valence-corrected chi connectivity index (χ4v) is 1.10. The Hall–Kier alpha value is -1.36. The van der Waals surface area contributed by atoms with E-state index in [1.165, 1.54) is 0 Å². The third kappa shape index (κ3) is 3.06. The van der Waals surface area contributed by atoms with E-state index in [1.807, 2.05) is 13.8 Å². The summed E-state index contributed by atoms with van der Waals surface area (Å²) >= 11 is 0. The highest BCUT2D eigenvalue weighted by Gasteiger charge is 2.17. The lowest BCUT2D eigenvalue weighted by Gasteiger charge is -2.14. The van der Waals surface area contributed by atoms with Crippen LogP contribution >= 0.6 is 0 Å². The van der Waals surface area contributed by atoms with Crippen LogP contribution in [0.4, 0.5) is 0 Å². The number of likely N-dealkylation sites (N-methyl/N-ethyl adjacent to an activating group) is 1. The van der Waals surface area contributed by atoms with Gasteiger partial charge in [0, 0.05) is 0 Å². The summed E-state index contributed by atoms with van der Waals surface area (Å²) in [6, 6.07) is -0.425. The van der Waals surface area contributed by atoms with Crippen LogP contribution in [-0.2, 0) is 4.79 Å². The van der Waals surface area contributed by atoms with Gasteiger partial charge in [-0.1, -0.05) is 0 Å². The first-order valence-corrected chi connectivity index (χ1v) is 4.94. The van der Waals surface area contributed by atoms with E-state index in [4.69, 9.17) is 4.42 Å². The molecule has 0 aliphatic heterocycles. The molecule has 0 aliphatic carbocycles. The highest BCUT2D eigenvalue weighted by atomic mass is 16.4.